The maximum absolute atomic E-state index is 12.3. The van der Waals surface area contributed by atoms with Gasteiger partial charge in [0.15, 0.2) is 0 Å². The number of primary amides is 1. The number of nitrogens with zero attached hydrogens (tertiary/aromatic N) is 1. The number of benzene rings is 1. The Morgan fingerprint density at radius 3 is 2.40 bits per heavy atom. The van der Waals surface area contributed by atoms with Gasteiger partial charge in [0.05, 0.1) is 5.56 Å². The number of ether oxygens (including phenoxy) is 2. The molecule has 0 saturated heterocycles. The molecule has 1 rings (SSSR count). The Morgan fingerprint density at radius 1 is 1.15 bits per heavy atom. The zero-order valence-corrected chi connectivity index (χ0v) is 11.8. The van der Waals surface area contributed by atoms with E-state index < -0.39 is 6.09 Å². The molecule has 1 aromatic rings. The summed E-state index contributed by atoms with van der Waals surface area (Å²) in [4.78, 5) is 24.5. The van der Waals surface area contributed by atoms with Crippen molar-refractivity contribution in [1.82, 2.24) is 4.90 Å². The monoisotopic (exact) mass is 280 g/mol. The molecule has 0 aliphatic rings. The lowest BCUT2D eigenvalue weighted by Crippen LogP contribution is -2.30. The molecule has 0 bridgehead atoms. The van der Waals surface area contributed by atoms with E-state index in [2.05, 4.69) is 4.74 Å². The van der Waals surface area contributed by atoms with Gasteiger partial charge in [-0.05, 0) is 26.0 Å². The Bertz CT molecular complexity index is 458. The molecule has 0 heterocycles. The van der Waals surface area contributed by atoms with E-state index in [0.29, 0.717) is 24.4 Å². The van der Waals surface area contributed by atoms with Crippen LogP contribution in [0.1, 0.15) is 24.2 Å². The van der Waals surface area contributed by atoms with Gasteiger partial charge in [-0.25, -0.2) is 4.79 Å². The summed E-state index contributed by atoms with van der Waals surface area (Å²) in [6.45, 7) is 5.30. The maximum Gasteiger partial charge on any atom is 0.404 e. The molecule has 20 heavy (non-hydrogen) atoms. The molecular weight excluding hydrogens is 260 g/mol. The predicted molar refractivity (Wildman–Crippen MR) is 74.7 cm³/mol. The summed E-state index contributed by atoms with van der Waals surface area (Å²) in [5, 5.41) is 0. The van der Waals surface area contributed by atoms with Gasteiger partial charge >= 0.3 is 6.09 Å². The van der Waals surface area contributed by atoms with E-state index in [0.717, 1.165) is 0 Å². The van der Waals surface area contributed by atoms with E-state index in [9.17, 15) is 9.59 Å². The summed E-state index contributed by atoms with van der Waals surface area (Å²) in [6, 6.07) is 6.98. The van der Waals surface area contributed by atoms with Gasteiger partial charge in [0, 0.05) is 13.1 Å². The third-order valence-electron chi connectivity index (χ3n) is 2.75. The zero-order valence-electron chi connectivity index (χ0n) is 11.8. The molecule has 110 valence electrons. The van der Waals surface area contributed by atoms with Crippen molar-refractivity contribution in [3.8, 4) is 5.75 Å². The molecule has 0 saturated carbocycles. The van der Waals surface area contributed by atoms with E-state index in [1.807, 2.05) is 13.8 Å². The van der Waals surface area contributed by atoms with Crippen LogP contribution in [0.5, 0.6) is 5.75 Å². The van der Waals surface area contributed by atoms with Crippen molar-refractivity contribution < 1.29 is 19.1 Å². The highest BCUT2D eigenvalue weighted by Crippen LogP contribution is 2.19. The molecule has 2 amide bonds. The van der Waals surface area contributed by atoms with Gasteiger partial charge in [-0.1, -0.05) is 12.1 Å². The molecule has 2 N–H and O–H groups in total. The van der Waals surface area contributed by atoms with Crippen molar-refractivity contribution in [2.24, 2.45) is 5.73 Å². The van der Waals surface area contributed by atoms with Crippen LogP contribution < -0.4 is 10.5 Å². The highest BCUT2D eigenvalue weighted by Gasteiger charge is 2.16. The van der Waals surface area contributed by atoms with Gasteiger partial charge < -0.3 is 20.1 Å². The number of rotatable bonds is 7. The number of amides is 2. The second kappa shape index (κ2) is 8.04. The standard InChI is InChI=1S/C14H20N2O4/c1-3-16(4-2)13(17)11-7-5-6-8-12(11)19-9-10-20-14(15)18/h5-8H,3-4,9-10H2,1-2H3,(H2,15,18). The molecular formula is C14H20N2O4. The van der Waals surface area contributed by atoms with Gasteiger partial charge in [0.1, 0.15) is 19.0 Å². The molecule has 0 fully saturated rings. The van der Waals surface area contributed by atoms with Crippen molar-refractivity contribution >= 4 is 12.0 Å². The van der Waals surface area contributed by atoms with Crippen molar-refractivity contribution in [1.29, 1.82) is 0 Å². The van der Waals surface area contributed by atoms with Crippen molar-refractivity contribution in [2.75, 3.05) is 26.3 Å². The van der Waals surface area contributed by atoms with Crippen LogP contribution in [0.25, 0.3) is 0 Å². The molecule has 0 radical (unpaired) electrons. The average molecular weight is 280 g/mol. The minimum Gasteiger partial charge on any atom is -0.489 e. The molecule has 0 unspecified atom stereocenters. The normalized spacial score (nSPS) is 9.90. The SMILES string of the molecule is CCN(CC)C(=O)c1ccccc1OCCOC(N)=O. The van der Waals surface area contributed by atoms with Crippen LogP contribution in [0.15, 0.2) is 24.3 Å². The van der Waals surface area contributed by atoms with E-state index in [1.165, 1.54) is 0 Å². The summed E-state index contributed by atoms with van der Waals surface area (Å²) in [7, 11) is 0. The van der Waals surface area contributed by atoms with Crippen LogP contribution >= 0.6 is 0 Å². The first-order chi connectivity index (χ1) is 9.60. The zero-order chi connectivity index (χ0) is 15.0. The number of nitrogens with two attached hydrogens (primary N) is 1. The van der Waals surface area contributed by atoms with Gasteiger partial charge in [-0.2, -0.15) is 0 Å². The average Bonchev–Trinajstić information content (AvgIpc) is 2.45. The second-order valence-electron chi connectivity index (χ2n) is 3.99. The lowest BCUT2D eigenvalue weighted by atomic mass is 10.1. The van der Waals surface area contributed by atoms with Crippen molar-refractivity contribution in [3.63, 3.8) is 0 Å². The fraction of sp³-hybridized carbons (Fsp3) is 0.429. The minimum atomic E-state index is -0.846. The predicted octanol–water partition coefficient (Wildman–Crippen LogP) is 1.64. The number of hydrogen-bond donors (Lipinski definition) is 1. The van der Waals surface area contributed by atoms with Gasteiger partial charge in [-0.15, -0.1) is 0 Å². The van der Waals surface area contributed by atoms with E-state index in [4.69, 9.17) is 10.5 Å². The lowest BCUT2D eigenvalue weighted by molar-refractivity contribution is 0.0765. The fourth-order valence-electron chi connectivity index (χ4n) is 1.74. The quantitative estimate of drug-likeness (QED) is 0.770. The van der Waals surface area contributed by atoms with Crippen LogP contribution in [-0.2, 0) is 4.74 Å². The van der Waals surface area contributed by atoms with E-state index >= 15 is 0 Å². The third kappa shape index (κ3) is 4.46. The number of hydrogen-bond acceptors (Lipinski definition) is 4. The third-order valence-corrected chi connectivity index (χ3v) is 2.75. The number of para-hydroxylation sites is 1. The van der Waals surface area contributed by atoms with Crippen LogP contribution in [0, 0.1) is 0 Å². The lowest BCUT2D eigenvalue weighted by Gasteiger charge is -2.20. The Hall–Kier alpha value is -2.24. The number of carbonyl (C=O) groups is 2. The molecule has 6 nitrogen and oxygen atoms in total. The Balaban J connectivity index is 2.72. The molecule has 0 aliphatic carbocycles. The Morgan fingerprint density at radius 2 is 1.80 bits per heavy atom. The van der Waals surface area contributed by atoms with Gasteiger partial charge in [0.25, 0.3) is 5.91 Å². The number of carbonyl (C=O) groups excluding carboxylic acids is 2. The molecule has 0 aromatic heterocycles. The molecule has 0 atom stereocenters. The molecule has 1 aromatic carbocycles. The topological polar surface area (TPSA) is 81.9 Å². The highest BCUT2D eigenvalue weighted by atomic mass is 16.6. The summed E-state index contributed by atoms with van der Waals surface area (Å²) in [6.07, 6.45) is -0.846. The van der Waals surface area contributed by atoms with Gasteiger partial charge in [0.2, 0.25) is 0 Å². The molecule has 0 spiro atoms. The van der Waals surface area contributed by atoms with Gasteiger partial charge in [-0.3, -0.25) is 4.79 Å². The Kier molecular flexibility index (Phi) is 6.36. The van der Waals surface area contributed by atoms with Crippen LogP contribution in [-0.4, -0.2) is 43.2 Å². The summed E-state index contributed by atoms with van der Waals surface area (Å²) >= 11 is 0. The Labute approximate surface area is 118 Å². The van der Waals surface area contributed by atoms with Crippen LogP contribution in [0.3, 0.4) is 0 Å². The largest absolute Gasteiger partial charge is 0.489 e. The summed E-state index contributed by atoms with van der Waals surface area (Å²) in [5.41, 5.74) is 5.34. The second-order valence-corrected chi connectivity index (χ2v) is 3.99. The first-order valence-corrected chi connectivity index (χ1v) is 6.53. The minimum absolute atomic E-state index is 0.0448. The molecule has 6 heteroatoms. The van der Waals surface area contributed by atoms with E-state index in [-0.39, 0.29) is 19.1 Å². The molecule has 0 aliphatic heterocycles. The highest BCUT2D eigenvalue weighted by molar-refractivity contribution is 5.96. The van der Waals surface area contributed by atoms with Crippen LogP contribution in [0.2, 0.25) is 0 Å². The van der Waals surface area contributed by atoms with Crippen molar-refractivity contribution in [2.45, 2.75) is 13.8 Å². The summed E-state index contributed by atoms with van der Waals surface area (Å²) in [5.74, 6) is 0.388. The van der Waals surface area contributed by atoms with Crippen molar-refractivity contribution in [3.05, 3.63) is 29.8 Å². The van der Waals surface area contributed by atoms with Crippen LogP contribution in [0.4, 0.5) is 4.79 Å². The fourth-order valence-corrected chi connectivity index (χ4v) is 1.74. The summed E-state index contributed by atoms with van der Waals surface area (Å²) < 4.78 is 10.0. The maximum atomic E-state index is 12.3. The first-order valence-electron chi connectivity index (χ1n) is 6.53. The smallest absolute Gasteiger partial charge is 0.404 e. The van der Waals surface area contributed by atoms with E-state index in [1.54, 1.807) is 29.2 Å². The first kappa shape index (κ1) is 15.8.